The molecule has 0 unspecified atom stereocenters. The average molecular weight is 536 g/mol. The number of nitrogens with zero attached hydrogens (tertiary/aromatic N) is 5. The summed E-state index contributed by atoms with van der Waals surface area (Å²) in [6.45, 7) is 1.11. The Morgan fingerprint density at radius 3 is 2.70 bits per heavy atom. The van der Waals surface area contributed by atoms with Crippen molar-refractivity contribution in [2.75, 3.05) is 13.1 Å². The van der Waals surface area contributed by atoms with Gasteiger partial charge in [-0.3, -0.25) is 4.90 Å². The van der Waals surface area contributed by atoms with Gasteiger partial charge in [0.1, 0.15) is 18.2 Å². The lowest BCUT2D eigenvalue weighted by molar-refractivity contribution is -0.131. The van der Waals surface area contributed by atoms with Gasteiger partial charge in [0.2, 0.25) is 5.88 Å². The van der Waals surface area contributed by atoms with Crippen LogP contribution in [0, 0.1) is 5.82 Å². The summed E-state index contributed by atoms with van der Waals surface area (Å²) in [6, 6.07) is 9.91. The fourth-order valence-electron chi connectivity index (χ4n) is 4.19. The highest BCUT2D eigenvalue weighted by Gasteiger charge is 2.24. The number of ether oxygens (including phenoxy) is 1. The molecule has 0 atom stereocenters. The van der Waals surface area contributed by atoms with E-state index < -0.39 is 24.8 Å². The Hall–Kier alpha value is -3.44. The van der Waals surface area contributed by atoms with Gasteiger partial charge in [0.15, 0.2) is 5.82 Å². The minimum Gasteiger partial charge on any atom is -0.478 e. The van der Waals surface area contributed by atoms with Crippen molar-refractivity contribution in [1.82, 2.24) is 24.6 Å². The second-order valence-electron chi connectivity index (χ2n) is 8.62. The number of benzene rings is 1. The Morgan fingerprint density at radius 2 is 2.00 bits per heavy atom. The summed E-state index contributed by atoms with van der Waals surface area (Å²) in [5.74, 6) is -0.629. The number of hydrogen-bond donors (Lipinski definition) is 1. The molecule has 8 nitrogen and oxygen atoms in total. The van der Waals surface area contributed by atoms with E-state index in [1.807, 2.05) is 12.1 Å². The van der Waals surface area contributed by atoms with E-state index in [9.17, 15) is 18.0 Å². The van der Waals surface area contributed by atoms with Gasteiger partial charge in [0, 0.05) is 34.3 Å². The van der Waals surface area contributed by atoms with Crippen LogP contribution < -0.4 is 4.74 Å². The molecular formula is C25H25ClF3N5O3. The molecule has 3 heterocycles. The highest BCUT2D eigenvalue weighted by Crippen LogP contribution is 2.29. The van der Waals surface area contributed by atoms with Crippen LogP contribution in [0.15, 0.2) is 42.5 Å². The van der Waals surface area contributed by atoms with E-state index in [-0.39, 0.29) is 18.3 Å². The molecule has 196 valence electrons. The predicted octanol–water partition coefficient (Wildman–Crippen LogP) is 4.79. The monoisotopic (exact) mass is 535 g/mol. The maximum Gasteiger partial charge on any atom is 0.328 e. The van der Waals surface area contributed by atoms with Crippen molar-refractivity contribution >= 4 is 23.6 Å². The maximum absolute atomic E-state index is 14.0. The zero-order chi connectivity index (χ0) is 26.4. The number of hydrogen-bond acceptors (Lipinski definition) is 6. The van der Waals surface area contributed by atoms with Crippen LogP contribution in [0.5, 0.6) is 5.88 Å². The van der Waals surface area contributed by atoms with Crippen LogP contribution in [0.25, 0.3) is 6.08 Å². The summed E-state index contributed by atoms with van der Waals surface area (Å²) in [4.78, 5) is 17.5. The Morgan fingerprint density at radius 1 is 1.22 bits per heavy atom. The molecule has 0 aliphatic carbocycles. The normalized spacial score (nSPS) is 15.1. The summed E-state index contributed by atoms with van der Waals surface area (Å²) in [5.41, 5.74) is 1.25. The molecule has 37 heavy (non-hydrogen) atoms. The first kappa shape index (κ1) is 26.6. The Labute approximate surface area is 216 Å². The van der Waals surface area contributed by atoms with E-state index in [4.69, 9.17) is 21.4 Å². The fourth-order valence-corrected chi connectivity index (χ4v) is 4.35. The van der Waals surface area contributed by atoms with Crippen molar-refractivity contribution in [3.8, 4) is 5.88 Å². The summed E-state index contributed by atoms with van der Waals surface area (Å²) < 4.78 is 47.2. The molecule has 1 aliphatic rings. The molecule has 0 radical (unpaired) electrons. The van der Waals surface area contributed by atoms with Crippen LogP contribution in [0.4, 0.5) is 13.2 Å². The highest BCUT2D eigenvalue weighted by molar-refractivity contribution is 6.30. The molecule has 1 fully saturated rings. The third-order valence-corrected chi connectivity index (χ3v) is 6.29. The summed E-state index contributed by atoms with van der Waals surface area (Å²) >= 11 is 5.79. The first-order chi connectivity index (χ1) is 17.8. The van der Waals surface area contributed by atoms with E-state index in [2.05, 4.69) is 20.1 Å². The van der Waals surface area contributed by atoms with E-state index in [1.54, 1.807) is 18.2 Å². The molecule has 2 aromatic heterocycles. The third-order valence-electron chi connectivity index (χ3n) is 6.06. The molecule has 0 saturated carbocycles. The second-order valence-corrected chi connectivity index (χ2v) is 9.06. The summed E-state index contributed by atoms with van der Waals surface area (Å²) in [6.07, 6.45) is 0.955. The van der Waals surface area contributed by atoms with Crippen molar-refractivity contribution in [1.29, 1.82) is 0 Å². The van der Waals surface area contributed by atoms with Gasteiger partial charge in [-0.2, -0.15) is 0 Å². The molecule has 1 N–H and O–H groups in total. The van der Waals surface area contributed by atoms with E-state index in [1.165, 1.54) is 10.6 Å². The van der Waals surface area contributed by atoms with E-state index in [0.29, 0.717) is 41.9 Å². The standard InChI is InChI=1S/C25H25ClF3N5O3/c26-18-5-4-17(19(27)12-18)15-37-24-3-1-2-20(30-24)16-8-10-33(11-9-16)14-23-32-31-22(6-7-25(35)36)34(23)13-21(28)29/h1-7,12,16,21H,8-11,13-15H2,(H,35,36)/b7-6+. The van der Waals surface area contributed by atoms with Crippen LogP contribution in [0.1, 0.15) is 41.7 Å². The molecule has 1 aliphatic heterocycles. The van der Waals surface area contributed by atoms with E-state index in [0.717, 1.165) is 30.7 Å². The van der Waals surface area contributed by atoms with Gasteiger partial charge < -0.3 is 14.4 Å². The number of halogens is 4. The van der Waals surface area contributed by atoms with Gasteiger partial charge in [-0.15, -0.1) is 10.2 Å². The fraction of sp³-hybridized carbons (Fsp3) is 0.360. The van der Waals surface area contributed by atoms with Gasteiger partial charge in [0.05, 0.1) is 13.1 Å². The number of carboxylic acid groups (broad SMARTS) is 1. The lowest BCUT2D eigenvalue weighted by Crippen LogP contribution is -2.34. The molecule has 1 aromatic carbocycles. The van der Waals surface area contributed by atoms with Crippen LogP contribution in [-0.4, -0.2) is 55.2 Å². The topological polar surface area (TPSA) is 93.4 Å². The number of alkyl halides is 2. The molecule has 0 spiro atoms. The predicted molar refractivity (Wildman–Crippen MR) is 130 cm³/mol. The number of pyridine rings is 1. The number of likely N-dealkylation sites (tertiary alicyclic amines) is 1. The van der Waals surface area contributed by atoms with Crippen molar-refractivity contribution in [2.45, 2.75) is 44.9 Å². The number of aromatic nitrogens is 4. The average Bonchev–Trinajstić information content (AvgIpc) is 3.23. The molecule has 3 aromatic rings. The number of piperidine rings is 1. The van der Waals surface area contributed by atoms with Gasteiger partial charge in [-0.1, -0.05) is 23.7 Å². The maximum atomic E-state index is 14.0. The van der Waals surface area contributed by atoms with Gasteiger partial charge in [-0.05, 0) is 50.2 Å². The van der Waals surface area contributed by atoms with Crippen LogP contribution in [0.2, 0.25) is 5.02 Å². The lowest BCUT2D eigenvalue weighted by Gasteiger charge is -2.31. The zero-order valence-corrected chi connectivity index (χ0v) is 20.5. The number of aliphatic carboxylic acids is 1. The van der Waals surface area contributed by atoms with Crippen molar-refractivity contribution in [2.24, 2.45) is 0 Å². The number of rotatable bonds is 10. The van der Waals surface area contributed by atoms with Crippen LogP contribution in [-0.2, 0) is 24.5 Å². The van der Waals surface area contributed by atoms with Crippen LogP contribution >= 0.6 is 11.6 Å². The first-order valence-electron chi connectivity index (χ1n) is 11.7. The molecule has 0 amide bonds. The summed E-state index contributed by atoms with van der Waals surface area (Å²) in [5, 5.41) is 17.0. The molecule has 12 heteroatoms. The van der Waals surface area contributed by atoms with Gasteiger partial charge >= 0.3 is 5.97 Å². The molecule has 1 saturated heterocycles. The van der Waals surface area contributed by atoms with Crippen molar-refractivity contribution in [3.05, 3.63) is 76.2 Å². The Bertz CT molecular complexity index is 1260. The third kappa shape index (κ3) is 7.30. The van der Waals surface area contributed by atoms with Crippen molar-refractivity contribution in [3.63, 3.8) is 0 Å². The smallest absolute Gasteiger partial charge is 0.328 e. The molecule has 0 bridgehead atoms. The largest absolute Gasteiger partial charge is 0.478 e. The minimum atomic E-state index is -2.63. The van der Waals surface area contributed by atoms with Gasteiger partial charge in [-0.25, -0.2) is 22.9 Å². The van der Waals surface area contributed by atoms with Gasteiger partial charge in [0.25, 0.3) is 6.43 Å². The second kappa shape index (κ2) is 12.2. The van der Waals surface area contributed by atoms with Crippen molar-refractivity contribution < 1.29 is 27.8 Å². The number of carbonyl (C=O) groups is 1. The lowest BCUT2D eigenvalue weighted by atomic mass is 9.93. The van der Waals surface area contributed by atoms with E-state index >= 15 is 0 Å². The number of carboxylic acids is 1. The quantitative estimate of drug-likeness (QED) is 0.373. The van der Waals surface area contributed by atoms with Crippen LogP contribution in [0.3, 0.4) is 0 Å². The zero-order valence-electron chi connectivity index (χ0n) is 19.7. The minimum absolute atomic E-state index is 0.0286. The molecule has 4 rings (SSSR count). The summed E-state index contributed by atoms with van der Waals surface area (Å²) in [7, 11) is 0. The highest BCUT2D eigenvalue weighted by atomic mass is 35.5. The first-order valence-corrected chi connectivity index (χ1v) is 12.0. The Kier molecular flexibility index (Phi) is 8.78. The SMILES string of the molecule is O=C(O)/C=C/c1nnc(CN2CCC(c3cccc(OCc4ccc(Cl)cc4F)n3)CC2)n1CC(F)F. The Balaban J connectivity index is 1.35. The molecular weight excluding hydrogens is 511 g/mol.